The van der Waals surface area contributed by atoms with Gasteiger partial charge in [0.05, 0.1) is 0 Å². The molecule has 2 fully saturated rings. The highest BCUT2D eigenvalue weighted by molar-refractivity contribution is 5.92. The molecule has 4 atom stereocenters. The van der Waals surface area contributed by atoms with E-state index >= 15 is 0 Å². The Hall–Kier alpha value is -2.94. The molecule has 156 valence electrons. The van der Waals surface area contributed by atoms with Crippen LogP contribution < -0.4 is 0 Å². The third kappa shape index (κ3) is 3.95. The fourth-order valence-electron chi connectivity index (χ4n) is 3.77. The Morgan fingerprint density at radius 3 is 2.28 bits per heavy atom. The van der Waals surface area contributed by atoms with Gasteiger partial charge in [-0.25, -0.2) is 0 Å². The van der Waals surface area contributed by atoms with Crippen LogP contribution in [0.2, 0.25) is 0 Å². The standard InChI is InChI=1S/C20H23NO8/c1-12(22)26-10-16-17(28-14(3)24)20(11-27-13(2)23)18(25)21(19(20)29-16)9-15-7-5-4-6-8-15/h4-8,16-17,19H,9-11H2,1-3H3/t16-,17-,19+,20+/m1/s1. The van der Waals surface area contributed by atoms with Crippen molar-refractivity contribution < 1.29 is 38.1 Å². The number of ether oxygens (including phenoxy) is 4. The van der Waals surface area contributed by atoms with Gasteiger partial charge in [-0.1, -0.05) is 30.3 Å². The number of nitrogens with zero attached hydrogens (tertiary/aromatic N) is 1. The third-order valence-corrected chi connectivity index (χ3v) is 4.99. The first kappa shape index (κ1) is 20.8. The monoisotopic (exact) mass is 405 g/mol. The zero-order valence-electron chi connectivity index (χ0n) is 16.5. The van der Waals surface area contributed by atoms with Gasteiger partial charge in [0, 0.05) is 27.3 Å². The third-order valence-electron chi connectivity index (χ3n) is 4.99. The fraction of sp³-hybridized carbons (Fsp3) is 0.500. The molecule has 0 spiro atoms. The first-order chi connectivity index (χ1) is 13.8. The van der Waals surface area contributed by atoms with Gasteiger partial charge in [0.1, 0.15) is 19.3 Å². The van der Waals surface area contributed by atoms with E-state index in [1.807, 2.05) is 30.3 Å². The van der Waals surface area contributed by atoms with Crippen molar-refractivity contribution in [2.75, 3.05) is 13.2 Å². The van der Waals surface area contributed by atoms with E-state index in [0.717, 1.165) is 5.56 Å². The molecule has 0 bridgehead atoms. The molecule has 2 aliphatic rings. The Morgan fingerprint density at radius 2 is 1.69 bits per heavy atom. The summed E-state index contributed by atoms with van der Waals surface area (Å²) in [6.07, 6.45) is -2.71. The molecule has 2 aliphatic heterocycles. The Balaban J connectivity index is 1.90. The number of carbonyl (C=O) groups is 4. The van der Waals surface area contributed by atoms with Crippen LogP contribution in [0, 0.1) is 5.41 Å². The molecule has 3 rings (SSSR count). The first-order valence-electron chi connectivity index (χ1n) is 9.20. The molecule has 0 radical (unpaired) electrons. The van der Waals surface area contributed by atoms with Crippen LogP contribution in [0.4, 0.5) is 0 Å². The predicted octanol–water partition coefficient (Wildman–Crippen LogP) is 0.798. The first-order valence-corrected chi connectivity index (χ1v) is 9.20. The lowest BCUT2D eigenvalue weighted by Gasteiger charge is -2.51. The van der Waals surface area contributed by atoms with Gasteiger partial charge in [0.2, 0.25) is 5.91 Å². The van der Waals surface area contributed by atoms with Crippen LogP contribution >= 0.6 is 0 Å². The average Bonchev–Trinajstić information content (AvgIpc) is 2.93. The fourth-order valence-corrected chi connectivity index (χ4v) is 3.77. The number of esters is 3. The molecule has 0 saturated carbocycles. The van der Waals surface area contributed by atoms with Crippen molar-refractivity contribution in [1.82, 2.24) is 4.90 Å². The second-order valence-electron chi connectivity index (χ2n) is 7.10. The van der Waals surface area contributed by atoms with Gasteiger partial charge in [0.25, 0.3) is 0 Å². The van der Waals surface area contributed by atoms with Gasteiger partial charge in [-0.15, -0.1) is 0 Å². The lowest BCUT2D eigenvalue weighted by Crippen LogP contribution is -2.72. The summed E-state index contributed by atoms with van der Waals surface area (Å²) in [5.74, 6) is -2.08. The number of fused-ring (bicyclic) bond motifs is 1. The van der Waals surface area contributed by atoms with Crippen molar-refractivity contribution in [2.24, 2.45) is 5.41 Å². The van der Waals surface area contributed by atoms with Crippen LogP contribution in [0.3, 0.4) is 0 Å². The van der Waals surface area contributed by atoms with Crippen LogP contribution in [0.25, 0.3) is 0 Å². The highest BCUT2D eigenvalue weighted by atomic mass is 16.6. The van der Waals surface area contributed by atoms with Gasteiger partial charge >= 0.3 is 17.9 Å². The molecule has 9 nitrogen and oxygen atoms in total. The molecule has 1 aromatic carbocycles. The number of rotatable bonds is 7. The second kappa shape index (κ2) is 8.20. The van der Waals surface area contributed by atoms with Crippen molar-refractivity contribution in [3.8, 4) is 0 Å². The van der Waals surface area contributed by atoms with Crippen LogP contribution in [0.15, 0.2) is 30.3 Å². The van der Waals surface area contributed by atoms with Crippen LogP contribution in [-0.4, -0.2) is 60.4 Å². The van der Waals surface area contributed by atoms with Crippen molar-refractivity contribution in [2.45, 2.75) is 45.8 Å². The van der Waals surface area contributed by atoms with Crippen molar-refractivity contribution >= 4 is 23.8 Å². The summed E-state index contributed by atoms with van der Waals surface area (Å²) in [5.41, 5.74) is -0.491. The molecular weight excluding hydrogens is 382 g/mol. The van der Waals surface area contributed by atoms with Gasteiger partial charge in [-0.05, 0) is 5.56 Å². The zero-order chi connectivity index (χ0) is 21.2. The van der Waals surface area contributed by atoms with Crippen molar-refractivity contribution in [1.29, 1.82) is 0 Å². The topological polar surface area (TPSA) is 108 Å². The Labute approximate surface area is 167 Å². The van der Waals surface area contributed by atoms with E-state index in [2.05, 4.69) is 0 Å². The number of β-lactam (4-membered cyclic amide) rings is 1. The lowest BCUT2D eigenvalue weighted by molar-refractivity contribution is -0.217. The van der Waals surface area contributed by atoms with Crippen molar-refractivity contribution in [3.05, 3.63) is 35.9 Å². The van der Waals surface area contributed by atoms with E-state index in [-0.39, 0.29) is 25.7 Å². The minimum Gasteiger partial charge on any atom is -0.464 e. The Morgan fingerprint density at radius 1 is 1.03 bits per heavy atom. The maximum Gasteiger partial charge on any atom is 0.303 e. The molecule has 9 heteroatoms. The quantitative estimate of drug-likeness (QED) is 0.372. The summed E-state index contributed by atoms with van der Waals surface area (Å²) in [5, 5.41) is 0. The van der Waals surface area contributed by atoms with Crippen LogP contribution in [0.5, 0.6) is 0 Å². The molecule has 2 heterocycles. The molecule has 1 amide bonds. The highest BCUT2D eigenvalue weighted by Gasteiger charge is 2.74. The molecule has 2 saturated heterocycles. The van der Waals surface area contributed by atoms with E-state index in [4.69, 9.17) is 18.9 Å². The van der Waals surface area contributed by atoms with Gasteiger partial charge in [0.15, 0.2) is 17.7 Å². The number of carbonyl (C=O) groups excluding carboxylic acids is 4. The number of hydrogen-bond acceptors (Lipinski definition) is 8. The second-order valence-corrected chi connectivity index (χ2v) is 7.10. The largest absolute Gasteiger partial charge is 0.464 e. The molecule has 1 aromatic rings. The van der Waals surface area contributed by atoms with E-state index in [9.17, 15) is 19.2 Å². The Bertz CT molecular complexity index is 810. The van der Waals surface area contributed by atoms with Gasteiger partial charge < -0.3 is 23.8 Å². The predicted molar refractivity (Wildman–Crippen MR) is 96.9 cm³/mol. The van der Waals surface area contributed by atoms with E-state index in [1.165, 1.54) is 25.7 Å². The maximum absolute atomic E-state index is 13.2. The summed E-state index contributed by atoms with van der Waals surface area (Å²) >= 11 is 0. The average molecular weight is 405 g/mol. The summed E-state index contributed by atoms with van der Waals surface area (Å²) < 4.78 is 21.5. The van der Waals surface area contributed by atoms with Crippen LogP contribution in [0.1, 0.15) is 26.3 Å². The lowest BCUT2D eigenvalue weighted by atomic mass is 9.72. The Kier molecular flexibility index (Phi) is 5.88. The van der Waals surface area contributed by atoms with E-state index < -0.39 is 41.8 Å². The minimum absolute atomic E-state index is 0.196. The van der Waals surface area contributed by atoms with Crippen LogP contribution in [-0.2, 0) is 44.7 Å². The van der Waals surface area contributed by atoms with Gasteiger partial charge in [-0.3, -0.25) is 19.2 Å². The summed E-state index contributed by atoms with van der Waals surface area (Å²) in [6.45, 7) is 3.46. The maximum atomic E-state index is 13.2. The summed E-state index contributed by atoms with van der Waals surface area (Å²) in [4.78, 5) is 49.1. The summed E-state index contributed by atoms with van der Waals surface area (Å²) in [6, 6.07) is 9.31. The van der Waals surface area contributed by atoms with E-state index in [0.29, 0.717) is 0 Å². The minimum atomic E-state index is -1.38. The normalized spacial score (nSPS) is 27.6. The smallest absolute Gasteiger partial charge is 0.303 e. The molecular formula is C20H23NO8. The van der Waals surface area contributed by atoms with Gasteiger partial charge in [-0.2, -0.15) is 0 Å². The summed E-state index contributed by atoms with van der Waals surface area (Å²) in [7, 11) is 0. The zero-order valence-corrected chi connectivity index (χ0v) is 16.5. The number of benzene rings is 1. The molecule has 0 N–H and O–H groups in total. The molecule has 0 aromatic heterocycles. The number of hydrogen-bond donors (Lipinski definition) is 0. The molecule has 0 unspecified atom stereocenters. The van der Waals surface area contributed by atoms with E-state index in [1.54, 1.807) is 0 Å². The SMILES string of the molecule is CC(=O)OC[C@H]1O[C@@H]2N(Cc3ccccc3)C(=O)[C@]2(COC(C)=O)[C@@H]1OC(C)=O. The number of likely N-dealkylation sites (tertiary alicyclic amines) is 1. The van der Waals surface area contributed by atoms with Crippen molar-refractivity contribution in [3.63, 3.8) is 0 Å². The highest BCUT2D eigenvalue weighted by Crippen LogP contribution is 2.52. The molecule has 29 heavy (non-hydrogen) atoms. The molecule has 0 aliphatic carbocycles. The number of amides is 1.